The molecule has 38 heavy (non-hydrogen) atoms. The predicted octanol–water partition coefficient (Wildman–Crippen LogP) is 10.1. The van der Waals surface area contributed by atoms with Crippen LogP contribution in [0.15, 0.2) is 119 Å². The molecule has 0 heterocycles. The molecule has 0 bridgehead atoms. The van der Waals surface area contributed by atoms with Gasteiger partial charge in [0, 0.05) is 11.8 Å². The lowest BCUT2D eigenvalue weighted by Crippen LogP contribution is -2.21. The Balaban J connectivity index is 1.32. The molecule has 2 aromatic rings. The third kappa shape index (κ3) is 4.45. The summed E-state index contributed by atoms with van der Waals surface area (Å²) in [5, 5.41) is 0. The van der Waals surface area contributed by atoms with E-state index in [0.717, 1.165) is 25.7 Å². The van der Waals surface area contributed by atoms with Gasteiger partial charge in [0.2, 0.25) is 0 Å². The van der Waals surface area contributed by atoms with Crippen LogP contribution in [0.25, 0.3) is 5.57 Å². The first-order valence-electron chi connectivity index (χ1n) is 14.5. The van der Waals surface area contributed by atoms with Crippen LogP contribution < -0.4 is 0 Å². The van der Waals surface area contributed by atoms with Crippen molar-refractivity contribution in [2.75, 3.05) is 0 Å². The van der Waals surface area contributed by atoms with E-state index in [1.54, 1.807) is 11.1 Å². The fourth-order valence-electron chi connectivity index (χ4n) is 7.33. The lowest BCUT2D eigenvalue weighted by atomic mass is 9.69. The summed E-state index contributed by atoms with van der Waals surface area (Å²) in [5.41, 5.74) is 18.4. The molecular weight excluding hydrogens is 456 g/mol. The summed E-state index contributed by atoms with van der Waals surface area (Å²) in [6.45, 7) is 16.1. The first-order valence-corrected chi connectivity index (χ1v) is 14.5. The second-order valence-corrected chi connectivity index (χ2v) is 11.9. The smallest absolute Gasteiger partial charge is 0.0201 e. The van der Waals surface area contributed by atoms with E-state index in [2.05, 4.69) is 94.1 Å². The molecule has 4 aliphatic rings. The van der Waals surface area contributed by atoms with Gasteiger partial charge in [0.25, 0.3) is 0 Å². The van der Waals surface area contributed by atoms with Gasteiger partial charge in [-0.1, -0.05) is 110 Å². The Morgan fingerprint density at radius 3 is 2.63 bits per heavy atom. The number of rotatable bonds is 6. The highest BCUT2D eigenvalue weighted by Gasteiger charge is 2.41. The van der Waals surface area contributed by atoms with E-state index in [9.17, 15) is 0 Å². The highest BCUT2D eigenvalue weighted by atomic mass is 14.4. The maximum absolute atomic E-state index is 4.76. The molecule has 6 rings (SSSR count). The van der Waals surface area contributed by atoms with Crippen molar-refractivity contribution < 1.29 is 0 Å². The molecule has 0 nitrogen and oxygen atoms in total. The molecule has 4 aliphatic carbocycles. The maximum atomic E-state index is 4.76. The summed E-state index contributed by atoms with van der Waals surface area (Å²) >= 11 is 0. The van der Waals surface area contributed by atoms with Gasteiger partial charge in [0.15, 0.2) is 0 Å². The number of fused-ring (bicyclic) bond motifs is 2. The van der Waals surface area contributed by atoms with E-state index in [4.69, 9.17) is 6.58 Å². The fourth-order valence-corrected chi connectivity index (χ4v) is 7.33. The Morgan fingerprint density at radius 2 is 1.82 bits per heavy atom. The van der Waals surface area contributed by atoms with E-state index in [0.29, 0.717) is 11.8 Å². The Bertz CT molecular complexity index is 1490. The third-order valence-corrected chi connectivity index (χ3v) is 9.11. The molecule has 1 fully saturated rings. The molecule has 0 spiro atoms. The minimum atomic E-state index is 0.317. The lowest BCUT2D eigenvalue weighted by molar-refractivity contribution is 0.618. The predicted molar refractivity (Wildman–Crippen MR) is 163 cm³/mol. The fraction of sp³-hybridized carbons (Fsp3) is 0.316. The second kappa shape index (κ2) is 10.1. The van der Waals surface area contributed by atoms with Crippen LogP contribution in [-0.2, 0) is 12.8 Å². The summed E-state index contributed by atoms with van der Waals surface area (Å²) in [6.07, 6.45) is 17.4. The Hall–Kier alpha value is -3.38. The van der Waals surface area contributed by atoms with Crippen LogP contribution in [0.1, 0.15) is 79.7 Å². The zero-order valence-electron chi connectivity index (χ0n) is 23.4. The summed E-state index contributed by atoms with van der Waals surface area (Å²) < 4.78 is 0. The quantitative estimate of drug-likeness (QED) is 0.373. The molecule has 0 aromatic heterocycles. The van der Waals surface area contributed by atoms with Crippen LogP contribution in [0.4, 0.5) is 0 Å². The molecule has 0 saturated heterocycles. The van der Waals surface area contributed by atoms with Crippen LogP contribution in [0, 0.1) is 12.8 Å². The van der Waals surface area contributed by atoms with E-state index >= 15 is 0 Å². The normalized spacial score (nSPS) is 23.4. The molecular formula is C38H40. The molecule has 0 aliphatic heterocycles. The summed E-state index contributed by atoms with van der Waals surface area (Å²) in [7, 11) is 0. The Morgan fingerprint density at radius 1 is 0.974 bits per heavy atom. The first-order chi connectivity index (χ1) is 18.4. The zero-order chi connectivity index (χ0) is 26.4. The van der Waals surface area contributed by atoms with E-state index < -0.39 is 0 Å². The molecule has 0 amide bonds. The van der Waals surface area contributed by atoms with Crippen molar-refractivity contribution in [2.45, 2.75) is 71.6 Å². The maximum Gasteiger partial charge on any atom is 0.0201 e. The monoisotopic (exact) mass is 496 g/mol. The van der Waals surface area contributed by atoms with Crippen molar-refractivity contribution in [3.63, 3.8) is 0 Å². The molecule has 1 saturated carbocycles. The molecule has 0 N–H and O–H groups in total. The van der Waals surface area contributed by atoms with Gasteiger partial charge in [-0.2, -0.15) is 0 Å². The average molecular weight is 497 g/mol. The highest BCUT2D eigenvalue weighted by Crippen LogP contribution is 2.55. The van der Waals surface area contributed by atoms with Crippen LogP contribution in [0.2, 0.25) is 0 Å². The minimum absolute atomic E-state index is 0.317. The van der Waals surface area contributed by atoms with Crippen LogP contribution in [0.5, 0.6) is 0 Å². The molecule has 0 heteroatoms. The van der Waals surface area contributed by atoms with Crippen molar-refractivity contribution in [3.8, 4) is 0 Å². The highest BCUT2D eigenvalue weighted by molar-refractivity contribution is 5.74. The molecule has 0 radical (unpaired) electrons. The third-order valence-electron chi connectivity index (χ3n) is 9.11. The second-order valence-electron chi connectivity index (χ2n) is 11.9. The number of hydrogen-bond acceptors (Lipinski definition) is 0. The van der Waals surface area contributed by atoms with Gasteiger partial charge in [-0.05, 0) is 108 Å². The van der Waals surface area contributed by atoms with Gasteiger partial charge < -0.3 is 0 Å². The van der Waals surface area contributed by atoms with E-state index in [1.807, 2.05) is 0 Å². The number of hydrogen-bond donors (Lipinski definition) is 0. The summed E-state index contributed by atoms with van der Waals surface area (Å²) in [5.74, 6) is 0.649. The Kier molecular flexibility index (Phi) is 6.60. The Labute approximate surface area is 229 Å². The summed E-state index contributed by atoms with van der Waals surface area (Å²) in [6, 6.07) is 16.2. The molecule has 2 atom stereocenters. The average Bonchev–Trinajstić information content (AvgIpc) is 3.63. The molecule has 192 valence electrons. The van der Waals surface area contributed by atoms with Gasteiger partial charge in [-0.25, -0.2) is 0 Å². The van der Waals surface area contributed by atoms with E-state index in [1.165, 1.54) is 80.5 Å². The number of allylic oxidation sites excluding steroid dienone is 12. The van der Waals surface area contributed by atoms with Gasteiger partial charge in [-0.15, -0.1) is 0 Å². The van der Waals surface area contributed by atoms with Gasteiger partial charge in [0.05, 0.1) is 0 Å². The molecule has 2 unspecified atom stereocenters. The van der Waals surface area contributed by atoms with Crippen LogP contribution >= 0.6 is 0 Å². The summed E-state index contributed by atoms with van der Waals surface area (Å²) in [4.78, 5) is 0. The van der Waals surface area contributed by atoms with Crippen molar-refractivity contribution in [1.29, 1.82) is 0 Å². The van der Waals surface area contributed by atoms with Crippen molar-refractivity contribution in [1.82, 2.24) is 0 Å². The standard InChI is InChI=1S/C38H40/c1-6-9-25(3)36-26(4)19-35-23-34(21-28-14-15-32(20-28)30-12-7-10-24(2)18-30)27(5)37(35)38(36)33-17-16-29-11-8-13-31(29)22-33/h7,10,12,14-19,21-22,37-38H,3,5-6,8-9,11,13,20,23H2,1-2,4H3. The van der Waals surface area contributed by atoms with Crippen molar-refractivity contribution >= 4 is 5.57 Å². The molecule has 2 aromatic carbocycles. The zero-order valence-corrected chi connectivity index (χ0v) is 23.4. The number of aryl methyl sites for hydroxylation is 3. The van der Waals surface area contributed by atoms with E-state index in [-0.39, 0.29) is 0 Å². The largest absolute Gasteiger partial charge is 0.0955 e. The first kappa shape index (κ1) is 24.9. The lowest BCUT2D eigenvalue weighted by Gasteiger charge is -2.35. The van der Waals surface area contributed by atoms with Crippen molar-refractivity contribution in [2.24, 2.45) is 5.92 Å². The van der Waals surface area contributed by atoms with Gasteiger partial charge in [-0.3, -0.25) is 0 Å². The SMILES string of the molecule is C=C(CCC)C1=C(C)C=C2CC(=CC3=CC=C(c4cccc(C)c4)C3)C(=C)C2C1c1ccc2c(c1)CCC2. The topological polar surface area (TPSA) is 0 Å². The van der Waals surface area contributed by atoms with Crippen LogP contribution in [0.3, 0.4) is 0 Å². The van der Waals surface area contributed by atoms with Gasteiger partial charge in [0.1, 0.15) is 0 Å². The minimum Gasteiger partial charge on any atom is -0.0955 e. The van der Waals surface area contributed by atoms with Gasteiger partial charge >= 0.3 is 0 Å². The number of benzene rings is 2. The van der Waals surface area contributed by atoms with Crippen LogP contribution in [-0.4, -0.2) is 0 Å². The van der Waals surface area contributed by atoms with Crippen molar-refractivity contribution in [3.05, 3.63) is 147 Å².